The van der Waals surface area contributed by atoms with E-state index in [1.807, 2.05) is 0 Å². The van der Waals surface area contributed by atoms with Crippen LogP contribution < -0.4 is 0 Å². The highest BCUT2D eigenvalue weighted by Crippen LogP contribution is 2.06. The predicted molar refractivity (Wildman–Crippen MR) is 39.2 cm³/mol. The van der Waals surface area contributed by atoms with Gasteiger partial charge in [-0.2, -0.15) is 0 Å². The summed E-state index contributed by atoms with van der Waals surface area (Å²) in [4.78, 5) is 0. The Bertz CT molecular complexity index is 223. The van der Waals surface area contributed by atoms with Crippen molar-refractivity contribution in [2.24, 2.45) is 0 Å². The van der Waals surface area contributed by atoms with Crippen molar-refractivity contribution in [1.29, 1.82) is 0 Å². The van der Waals surface area contributed by atoms with Gasteiger partial charge in [0.15, 0.2) is 0 Å². The van der Waals surface area contributed by atoms with E-state index in [1.54, 1.807) is 6.92 Å². The second kappa shape index (κ2) is 4.79. The van der Waals surface area contributed by atoms with Crippen molar-refractivity contribution >= 4 is 0 Å². The molecule has 0 bridgehead atoms. The third-order valence-electron chi connectivity index (χ3n) is 1.13. The zero-order chi connectivity index (χ0) is 8.85. The van der Waals surface area contributed by atoms with Crippen LogP contribution in [0.5, 0.6) is 0 Å². The molecule has 11 heavy (non-hydrogen) atoms. The van der Waals surface area contributed by atoms with Gasteiger partial charge >= 0.3 is 0 Å². The monoisotopic (exact) mass is 160 g/mol. The molecule has 0 amide bonds. The second-order valence-electron chi connectivity index (χ2n) is 1.89. The minimum absolute atomic E-state index is 0.469. The van der Waals surface area contributed by atoms with Crippen molar-refractivity contribution < 1.29 is 13.9 Å². The lowest BCUT2D eigenvalue weighted by molar-refractivity contribution is 0.399. The molecule has 0 aliphatic heterocycles. The zero-order valence-electron chi connectivity index (χ0n) is 6.44. The van der Waals surface area contributed by atoms with Gasteiger partial charge in [-0.3, -0.25) is 0 Å². The maximum absolute atomic E-state index is 12.3. The van der Waals surface area contributed by atoms with E-state index in [0.29, 0.717) is 5.56 Å². The lowest BCUT2D eigenvalue weighted by Crippen LogP contribution is -1.81. The van der Waals surface area contributed by atoms with Crippen LogP contribution in [0.25, 0.3) is 0 Å². The van der Waals surface area contributed by atoms with Crippen LogP contribution in [0.1, 0.15) is 5.56 Å². The molecule has 0 saturated carbocycles. The summed E-state index contributed by atoms with van der Waals surface area (Å²) in [5.74, 6) is -1.02. The van der Waals surface area contributed by atoms with Gasteiger partial charge in [0.1, 0.15) is 11.6 Å². The van der Waals surface area contributed by atoms with Crippen LogP contribution in [0.15, 0.2) is 18.2 Å². The Labute approximate surface area is 64.3 Å². The van der Waals surface area contributed by atoms with Crippen molar-refractivity contribution in [3.63, 3.8) is 0 Å². The maximum Gasteiger partial charge on any atom is 0.129 e. The number of halogens is 2. The van der Waals surface area contributed by atoms with Gasteiger partial charge in [-0.15, -0.1) is 0 Å². The van der Waals surface area contributed by atoms with E-state index in [4.69, 9.17) is 5.11 Å². The summed E-state index contributed by atoms with van der Waals surface area (Å²) in [6, 6.07) is 3.51. The lowest BCUT2D eigenvalue weighted by Gasteiger charge is -1.92. The van der Waals surface area contributed by atoms with Crippen molar-refractivity contribution in [2.45, 2.75) is 6.92 Å². The molecule has 62 valence electrons. The SMILES string of the molecule is CO.Cc1ccc(F)cc1F. The average molecular weight is 160 g/mol. The van der Waals surface area contributed by atoms with E-state index < -0.39 is 11.6 Å². The van der Waals surface area contributed by atoms with Gasteiger partial charge < -0.3 is 5.11 Å². The van der Waals surface area contributed by atoms with Crippen molar-refractivity contribution in [2.75, 3.05) is 7.11 Å². The van der Waals surface area contributed by atoms with Gasteiger partial charge in [0.25, 0.3) is 0 Å². The highest BCUT2D eigenvalue weighted by Gasteiger charge is 1.95. The Morgan fingerprint density at radius 2 is 1.73 bits per heavy atom. The molecule has 1 aromatic rings. The number of aliphatic hydroxyl groups is 1. The fourth-order valence-corrected chi connectivity index (χ4v) is 0.567. The summed E-state index contributed by atoms with van der Waals surface area (Å²) in [6.07, 6.45) is 0. The molecule has 0 atom stereocenters. The number of aliphatic hydroxyl groups excluding tert-OH is 1. The molecular weight excluding hydrogens is 150 g/mol. The topological polar surface area (TPSA) is 20.2 Å². The fraction of sp³-hybridized carbons (Fsp3) is 0.250. The van der Waals surface area contributed by atoms with Crippen LogP contribution in [0.2, 0.25) is 0 Å². The molecular formula is C8H10F2O. The molecule has 3 heteroatoms. The van der Waals surface area contributed by atoms with E-state index in [9.17, 15) is 8.78 Å². The molecule has 0 heterocycles. The van der Waals surface area contributed by atoms with Crippen molar-refractivity contribution in [3.05, 3.63) is 35.4 Å². The summed E-state index contributed by atoms with van der Waals surface area (Å²) in [5, 5.41) is 7.00. The van der Waals surface area contributed by atoms with Crippen LogP contribution in [0, 0.1) is 18.6 Å². The number of hydrogen-bond acceptors (Lipinski definition) is 1. The smallest absolute Gasteiger partial charge is 0.129 e. The molecule has 1 N–H and O–H groups in total. The lowest BCUT2D eigenvalue weighted by atomic mass is 10.2. The van der Waals surface area contributed by atoms with Gasteiger partial charge in [-0.1, -0.05) is 6.07 Å². The Kier molecular flexibility index (Phi) is 4.38. The molecule has 0 fully saturated rings. The van der Waals surface area contributed by atoms with Crippen LogP contribution in [-0.2, 0) is 0 Å². The molecule has 1 nitrogen and oxygen atoms in total. The first-order chi connectivity index (χ1) is 5.20. The molecule has 0 aromatic heterocycles. The molecule has 0 aliphatic rings. The summed E-state index contributed by atoms with van der Waals surface area (Å²) in [5.41, 5.74) is 0.469. The van der Waals surface area contributed by atoms with E-state index in [0.717, 1.165) is 13.2 Å². The van der Waals surface area contributed by atoms with Gasteiger partial charge in [-0.25, -0.2) is 8.78 Å². The maximum atomic E-state index is 12.3. The van der Waals surface area contributed by atoms with Crippen LogP contribution >= 0.6 is 0 Å². The largest absolute Gasteiger partial charge is 0.400 e. The van der Waals surface area contributed by atoms with Crippen LogP contribution in [0.4, 0.5) is 8.78 Å². The van der Waals surface area contributed by atoms with Gasteiger partial charge in [0.2, 0.25) is 0 Å². The molecule has 1 aromatic carbocycles. The Hall–Kier alpha value is -0.960. The number of hydrogen-bond donors (Lipinski definition) is 1. The first-order valence-corrected chi connectivity index (χ1v) is 3.06. The first-order valence-electron chi connectivity index (χ1n) is 3.06. The quantitative estimate of drug-likeness (QED) is 0.614. The molecule has 0 unspecified atom stereocenters. The summed E-state index contributed by atoms with van der Waals surface area (Å²) in [7, 11) is 1.00. The minimum Gasteiger partial charge on any atom is -0.400 e. The van der Waals surface area contributed by atoms with Crippen molar-refractivity contribution in [1.82, 2.24) is 0 Å². The van der Waals surface area contributed by atoms with Gasteiger partial charge in [-0.05, 0) is 18.6 Å². The summed E-state index contributed by atoms with van der Waals surface area (Å²) < 4.78 is 24.4. The van der Waals surface area contributed by atoms with Crippen molar-refractivity contribution in [3.8, 4) is 0 Å². The third kappa shape index (κ3) is 3.09. The van der Waals surface area contributed by atoms with E-state index in [2.05, 4.69) is 0 Å². The molecule has 0 saturated heterocycles. The number of rotatable bonds is 0. The molecule has 0 aliphatic carbocycles. The zero-order valence-corrected chi connectivity index (χ0v) is 6.44. The van der Waals surface area contributed by atoms with E-state index >= 15 is 0 Å². The van der Waals surface area contributed by atoms with Crippen LogP contribution in [-0.4, -0.2) is 12.2 Å². The predicted octanol–water partition coefficient (Wildman–Crippen LogP) is 1.88. The highest BCUT2D eigenvalue weighted by atomic mass is 19.1. The van der Waals surface area contributed by atoms with E-state index in [1.165, 1.54) is 12.1 Å². The molecule has 1 rings (SSSR count). The van der Waals surface area contributed by atoms with Gasteiger partial charge in [0, 0.05) is 13.2 Å². The standard InChI is InChI=1S/C7H6F2.CH4O/c1-5-2-3-6(8)4-7(5)9;1-2/h2-4H,1H3;2H,1H3. The Morgan fingerprint density at radius 1 is 1.18 bits per heavy atom. The first kappa shape index (κ1) is 10.0. The second-order valence-corrected chi connectivity index (χ2v) is 1.89. The average Bonchev–Trinajstić information content (AvgIpc) is 2.02. The number of benzene rings is 1. The summed E-state index contributed by atoms with van der Waals surface area (Å²) >= 11 is 0. The van der Waals surface area contributed by atoms with Gasteiger partial charge in [0.05, 0.1) is 0 Å². The highest BCUT2D eigenvalue weighted by molar-refractivity contribution is 5.16. The number of aryl methyl sites for hydroxylation is 1. The minimum atomic E-state index is -0.530. The van der Waals surface area contributed by atoms with E-state index in [-0.39, 0.29) is 0 Å². The molecule has 0 radical (unpaired) electrons. The summed E-state index contributed by atoms with van der Waals surface area (Å²) in [6.45, 7) is 1.59. The third-order valence-corrected chi connectivity index (χ3v) is 1.13. The normalized spacial score (nSPS) is 8.45. The molecule has 0 spiro atoms. The Balaban J connectivity index is 0.000000461. The Morgan fingerprint density at radius 3 is 2.09 bits per heavy atom. The fourth-order valence-electron chi connectivity index (χ4n) is 0.567. The van der Waals surface area contributed by atoms with Crippen LogP contribution in [0.3, 0.4) is 0 Å².